The maximum absolute atomic E-state index is 13.0. The highest BCUT2D eigenvalue weighted by atomic mass is 16.3. The fraction of sp³-hybridized carbons (Fsp3) is 0.500. The Balaban J connectivity index is 1.58. The van der Waals surface area contributed by atoms with E-state index in [0.717, 1.165) is 55.1 Å². The normalized spacial score (nSPS) is 20.4. The van der Waals surface area contributed by atoms with Gasteiger partial charge in [0, 0.05) is 26.6 Å². The summed E-state index contributed by atoms with van der Waals surface area (Å²) < 4.78 is 5.57. The highest BCUT2D eigenvalue weighted by molar-refractivity contribution is 5.95. The van der Waals surface area contributed by atoms with Crippen molar-refractivity contribution in [3.05, 3.63) is 41.5 Å². The van der Waals surface area contributed by atoms with Crippen molar-refractivity contribution in [1.82, 2.24) is 15.1 Å². The van der Waals surface area contributed by atoms with Gasteiger partial charge in [0.25, 0.3) is 5.91 Å². The van der Waals surface area contributed by atoms with Gasteiger partial charge in [-0.2, -0.15) is 5.10 Å². The smallest absolute Gasteiger partial charge is 0.257 e. The van der Waals surface area contributed by atoms with E-state index < -0.39 is 0 Å². The molecule has 6 heteroatoms. The maximum Gasteiger partial charge on any atom is 0.257 e. The van der Waals surface area contributed by atoms with Crippen LogP contribution in [0.1, 0.15) is 59.5 Å². The summed E-state index contributed by atoms with van der Waals surface area (Å²) >= 11 is 0. The Bertz CT molecular complexity index is 734. The zero-order valence-corrected chi connectivity index (χ0v) is 14.1. The van der Waals surface area contributed by atoms with Crippen LogP contribution in [0.4, 0.5) is 5.82 Å². The predicted molar refractivity (Wildman–Crippen MR) is 90.1 cm³/mol. The highest BCUT2D eigenvalue weighted by Gasteiger charge is 2.37. The molecule has 1 aliphatic carbocycles. The van der Waals surface area contributed by atoms with Crippen LogP contribution in [0.5, 0.6) is 0 Å². The van der Waals surface area contributed by atoms with Crippen LogP contribution in [-0.2, 0) is 0 Å². The van der Waals surface area contributed by atoms with Gasteiger partial charge in [-0.1, -0.05) is 0 Å². The van der Waals surface area contributed by atoms with Gasteiger partial charge in [-0.3, -0.25) is 4.79 Å². The average molecular weight is 326 g/mol. The van der Waals surface area contributed by atoms with Gasteiger partial charge < -0.3 is 14.2 Å². The van der Waals surface area contributed by atoms with E-state index in [9.17, 15) is 4.79 Å². The van der Waals surface area contributed by atoms with Crippen molar-refractivity contribution < 1.29 is 9.21 Å². The second kappa shape index (κ2) is 5.92. The van der Waals surface area contributed by atoms with Crippen LogP contribution in [0.3, 0.4) is 0 Å². The first-order valence-corrected chi connectivity index (χ1v) is 8.54. The molecule has 6 nitrogen and oxygen atoms in total. The lowest BCUT2D eigenvalue weighted by atomic mass is 10.1. The lowest BCUT2D eigenvalue weighted by Gasteiger charge is -2.24. The number of aromatic nitrogens is 2. The number of likely N-dealkylation sites (tertiary alicyclic amines) is 1. The summed E-state index contributed by atoms with van der Waals surface area (Å²) in [7, 11) is 3.88. The van der Waals surface area contributed by atoms with Gasteiger partial charge in [0.1, 0.15) is 5.76 Å². The van der Waals surface area contributed by atoms with E-state index >= 15 is 0 Å². The Morgan fingerprint density at radius 2 is 2.04 bits per heavy atom. The van der Waals surface area contributed by atoms with Gasteiger partial charge in [-0.15, -0.1) is 5.10 Å². The third-order valence-electron chi connectivity index (χ3n) is 4.86. The van der Waals surface area contributed by atoms with Gasteiger partial charge in [-0.25, -0.2) is 0 Å². The Kier molecular flexibility index (Phi) is 3.75. The molecular formula is C18H22N4O2. The first-order valence-electron chi connectivity index (χ1n) is 8.54. The molecule has 24 heavy (non-hydrogen) atoms. The van der Waals surface area contributed by atoms with Crippen molar-refractivity contribution in [2.45, 2.75) is 37.6 Å². The summed E-state index contributed by atoms with van der Waals surface area (Å²) in [6.45, 7) is 0.760. The first kappa shape index (κ1) is 15.2. The third kappa shape index (κ3) is 2.66. The van der Waals surface area contributed by atoms with Crippen LogP contribution >= 0.6 is 0 Å². The molecule has 2 aliphatic rings. The minimum Gasteiger partial charge on any atom is -0.468 e. The maximum atomic E-state index is 13.0. The monoisotopic (exact) mass is 326 g/mol. The van der Waals surface area contributed by atoms with Crippen molar-refractivity contribution in [3.8, 4) is 0 Å². The standard InChI is InChI=1S/C18H22N4O2/c1-21(2)16-8-7-14(19-20-16)15-4-3-10-22(15)18(23)13-9-11-24-17(13)12-5-6-12/h7-9,11-12,15H,3-6,10H2,1-2H3. The number of hydrogen-bond acceptors (Lipinski definition) is 5. The fourth-order valence-electron chi connectivity index (χ4n) is 3.38. The Morgan fingerprint density at radius 1 is 1.21 bits per heavy atom. The summed E-state index contributed by atoms with van der Waals surface area (Å²) in [5, 5.41) is 8.61. The molecule has 0 aromatic carbocycles. The second-order valence-corrected chi connectivity index (χ2v) is 6.84. The highest BCUT2D eigenvalue weighted by Crippen LogP contribution is 2.43. The van der Waals surface area contributed by atoms with E-state index in [1.807, 2.05) is 42.1 Å². The predicted octanol–water partition coefficient (Wildman–Crippen LogP) is 2.99. The van der Waals surface area contributed by atoms with Crippen LogP contribution in [0.15, 0.2) is 28.9 Å². The summed E-state index contributed by atoms with van der Waals surface area (Å²) in [5.74, 6) is 2.17. The van der Waals surface area contributed by atoms with E-state index in [1.54, 1.807) is 6.26 Å². The van der Waals surface area contributed by atoms with Gasteiger partial charge in [0.15, 0.2) is 5.82 Å². The molecule has 2 fully saturated rings. The van der Waals surface area contributed by atoms with Gasteiger partial charge in [0.2, 0.25) is 0 Å². The molecule has 2 aromatic rings. The molecule has 4 rings (SSSR count). The van der Waals surface area contributed by atoms with Gasteiger partial charge >= 0.3 is 0 Å². The van der Waals surface area contributed by atoms with Crippen molar-refractivity contribution >= 4 is 11.7 Å². The molecule has 0 bridgehead atoms. The number of nitrogens with zero attached hydrogens (tertiary/aromatic N) is 4. The molecular weight excluding hydrogens is 304 g/mol. The largest absolute Gasteiger partial charge is 0.468 e. The van der Waals surface area contributed by atoms with Gasteiger partial charge in [-0.05, 0) is 43.9 Å². The summed E-state index contributed by atoms with van der Waals surface area (Å²) in [4.78, 5) is 16.9. The molecule has 1 atom stereocenters. The van der Waals surface area contributed by atoms with Crippen molar-refractivity contribution in [1.29, 1.82) is 0 Å². The Morgan fingerprint density at radius 3 is 2.71 bits per heavy atom. The summed E-state index contributed by atoms with van der Waals surface area (Å²) in [5.41, 5.74) is 1.59. The summed E-state index contributed by atoms with van der Waals surface area (Å²) in [6.07, 6.45) is 5.80. The van der Waals surface area contributed by atoms with E-state index in [-0.39, 0.29) is 11.9 Å². The number of carbonyl (C=O) groups excluding carboxylic acids is 1. The molecule has 1 aliphatic heterocycles. The minimum atomic E-state index is 0.00293. The lowest BCUT2D eigenvalue weighted by molar-refractivity contribution is 0.0730. The van der Waals surface area contributed by atoms with Gasteiger partial charge in [0.05, 0.1) is 23.6 Å². The third-order valence-corrected chi connectivity index (χ3v) is 4.86. The molecule has 126 valence electrons. The topological polar surface area (TPSA) is 62.5 Å². The lowest BCUT2D eigenvalue weighted by Crippen LogP contribution is -2.31. The van der Waals surface area contributed by atoms with Crippen LogP contribution < -0.4 is 4.90 Å². The van der Waals surface area contributed by atoms with Crippen molar-refractivity contribution in [3.63, 3.8) is 0 Å². The van der Waals surface area contributed by atoms with E-state index in [0.29, 0.717) is 5.92 Å². The molecule has 1 saturated carbocycles. The minimum absolute atomic E-state index is 0.00293. The van der Waals surface area contributed by atoms with E-state index in [2.05, 4.69) is 10.2 Å². The molecule has 2 aromatic heterocycles. The number of amides is 1. The van der Waals surface area contributed by atoms with Crippen molar-refractivity contribution in [2.75, 3.05) is 25.5 Å². The second-order valence-electron chi connectivity index (χ2n) is 6.84. The van der Waals surface area contributed by atoms with Crippen molar-refractivity contribution in [2.24, 2.45) is 0 Å². The average Bonchev–Trinajstić information content (AvgIpc) is 3.13. The zero-order chi connectivity index (χ0) is 16.7. The number of carbonyl (C=O) groups is 1. The molecule has 3 heterocycles. The SMILES string of the molecule is CN(C)c1ccc(C2CCCN2C(=O)c2ccoc2C2CC2)nn1. The Hall–Kier alpha value is -2.37. The molecule has 0 radical (unpaired) electrons. The Labute approximate surface area is 141 Å². The van der Waals surface area contributed by atoms with E-state index in [4.69, 9.17) is 4.42 Å². The van der Waals surface area contributed by atoms with Crippen LogP contribution in [0, 0.1) is 0 Å². The number of hydrogen-bond donors (Lipinski definition) is 0. The molecule has 0 N–H and O–H groups in total. The molecule has 1 unspecified atom stereocenters. The quantitative estimate of drug-likeness (QED) is 0.864. The first-order chi connectivity index (χ1) is 11.6. The molecule has 1 amide bonds. The number of anilines is 1. The molecule has 0 spiro atoms. The fourth-order valence-corrected chi connectivity index (χ4v) is 3.38. The number of rotatable bonds is 4. The van der Waals surface area contributed by atoms with Crippen LogP contribution in [0.25, 0.3) is 0 Å². The van der Waals surface area contributed by atoms with Crippen LogP contribution in [-0.4, -0.2) is 41.6 Å². The zero-order valence-electron chi connectivity index (χ0n) is 14.1. The van der Waals surface area contributed by atoms with Crippen LogP contribution in [0.2, 0.25) is 0 Å². The number of furan rings is 1. The molecule has 1 saturated heterocycles. The summed E-state index contributed by atoms with van der Waals surface area (Å²) in [6, 6.07) is 5.75. The van der Waals surface area contributed by atoms with E-state index in [1.165, 1.54) is 0 Å².